The predicted molar refractivity (Wildman–Crippen MR) is 93.5 cm³/mol. The minimum Gasteiger partial charge on any atom is -0.0619 e. The minimum absolute atomic E-state index is 0.0678. The van der Waals surface area contributed by atoms with E-state index in [1.165, 1.54) is 37.9 Å². The van der Waals surface area contributed by atoms with E-state index < -0.39 is 0 Å². The van der Waals surface area contributed by atoms with Crippen molar-refractivity contribution < 1.29 is 0 Å². The van der Waals surface area contributed by atoms with E-state index in [-0.39, 0.29) is 10.8 Å². The first-order valence-electron chi connectivity index (χ1n) is 7.50. The smallest absolute Gasteiger partial charge is 0.0178 e. The van der Waals surface area contributed by atoms with E-state index in [2.05, 4.69) is 86.1 Å². The fraction of sp³-hybridized carbons (Fsp3) is 0.300. The predicted octanol–water partition coefficient (Wildman–Crippen LogP) is 5.94. The Hall–Kier alpha value is -1.34. The van der Waals surface area contributed by atoms with Crippen molar-refractivity contribution in [2.24, 2.45) is 0 Å². The van der Waals surface area contributed by atoms with Gasteiger partial charge in [-0.3, -0.25) is 0 Å². The Labute approximate surface area is 135 Å². The highest BCUT2D eigenvalue weighted by Crippen LogP contribution is 2.62. The van der Waals surface area contributed by atoms with Gasteiger partial charge in [-0.1, -0.05) is 74.0 Å². The van der Waals surface area contributed by atoms with Crippen molar-refractivity contribution >= 4 is 27.1 Å². The van der Waals surface area contributed by atoms with Gasteiger partial charge in [0.05, 0.1) is 0 Å². The van der Waals surface area contributed by atoms with Crippen LogP contribution in [0.15, 0.2) is 46.9 Å². The van der Waals surface area contributed by atoms with Crippen LogP contribution in [0.5, 0.6) is 0 Å². The summed E-state index contributed by atoms with van der Waals surface area (Å²) in [5.41, 5.74) is 8.99. The van der Waals surface area contributed by atoms with Crippen LogP contribution in [0.1, 0.15) is 49.9 Å². The molecule has 2 aliphatic rings. The van der Waals surface area contributed by atoms with E-state index in [0.717, 1.165) is 0 Å². The summed E-state index contributed by atoms with van der Waals surface area (Å²) in [6, 6.07) is 15.7. The van der Waals surface area contributed by atoms with E-state index in [0.29, 0.717) is 0 Å². The molecule has 0 heterocycles. The van der Waals surface area contributed by atoms with Crippen LogP contribution in [-0.2, 0) is 10.8 Å². The van der Waals surface area contributed by atoms with Crippen molar-refractivity contribution in [3.05, 3.63) is 69.2 Å². The number of hydrogen-bond donors (Lipinski definition) is 0. The van der Waals surface area contributed by atoms with Crippen LogP contribution >= 0.6 is 15.9 Å². The molecule has 21 heavy (non-hydrogen) atoms. The number of benzene rings is 2. The molecule has 1 heteroatoms. The van der Waals surface area contributed by atoms with Crippen molar-refractivity contribution in [2.45, 2.75) is 38.5 Å². The van der Waals surface area contributed by atoms with Crippen molar-refractivity contribution in [1.82, 2.24) is 0 Å². The molecule has 4 rings (SSSR count). The molecule has 0 saturated heterocycles. The Kier molecular flexibility index (Phi) is 2.47. The molecule has 0 unspecified atom stereocenters. The summed E-state index contributed by atoms with van der Waals surface area (Å²) < 4.78 is 1.17. The zero-order chi connectivity index (χ0) is 15.0. The molecule has 0 aromatic heterocycles. The van der Waals surface area contributed by atoms with Crippen LogP contribution in [0.25, 0.3) is 11.1 Å². The van der Waals surface area contributed by atoms with Gasteiger partial charge in [0.2, 0.25) is 0 Å². The van der Waals surface area contributed by atoms with Gasteiger partial charge < -0.3 is 0 Å². The summed E-state index contributed by atoms with van der Waals surface area (Å²) in [7, 11) is 0. The summed E-state index contributed by atoms with van der Waals surface area (Å²) in [4.78, 5) is 0. The third-order valence-electron chi connectivity index (χ3n) is 5.29. The molecule has 0 N–H and O–H groups in total. The van der Waals surface area contributed by atoms with Gasteiger partial charge in [0.15, 0.2) is 0 Å². The molecule has 2 aliphatic carbocycles. The average molecular weight is 339 g/mol. The molecule has 0 nitrogen and oxygen atoms in total. The van der Waals surface area contributed by atoms with Crippen LogP contribution in [0.2, 0.25) is 0 Å². The van der Waals surface area contributed by atoms with Crippen LogP contribution in [-0.4, -0.2) is 0 Å². The van der Waals surface area contributed by atoms with Crippen molar-refractivity contribution in [3.63, 3.8) is 0 Å². The maximum atomic E-state index is 3.64. The third kappa shape index (κ3) is 1.51. The molecule has 2 aromatic rings. The lowest BCUT2D eigenvalue weighted by Crippen LogP contribution is -2.19. The second-order valence-corrected chi connectivity index (χ2v) is 8.15. The van der Waals surface area contributed by atoms with E-state index in [1.807, 2.05) is 0 Å². The van der Waals surface area contributed by atoms with Gasteiger partial charge in [0, 0.05) is 15.3 Å². The molecule has 0 bridgehead atoms. The van der Waals surface area contributed by atoms with Gasteiger partial charge in [-0.05, 0) is 45.5 Å². The van der Waals surface area contributed by atoms with E-state index in [9.17, 15) is 0 Å². The van der Waals surface area contributed by atoms with Crippen LogP contribution in [0.3, 0.4) is 0 Å². The zero-order valence-electron chi connectivity index (χ0n) is 12.9. The topological polar surface area (TPSA) is 0 Å². The van der Waals surface area contributed by atoms with Crippen molar-refractivity contribution in [3.8, 4) is 0 Å². The fourth-order valence-corrected chi connectivity index (χ4v) is 4.70. The largest absolute Gasteiger partial charge is 0.0619 e. The number of halogens is 1. The highest BCUT2D eigenvalue weighted by atomic mass is 79.9. The Bertz CT molecular complexity index is 806. The molecule has 2 aromatic carbocycles. The summed E-state index contributed by atoms with van der Waals surface area (Å²) in [5.74, 6) is 0. The standard InChI is InChI=1S/C20H19Br/c1-19(2)15-8-6-5-7-13(15)17-18(19)14-10-9-12(21)11-16(14)20(17,3)4/h5-11H,1-4H3. The molecule has 106 valence electrons. The molecular weight excluding hydrogens is 320 g/mol. The van der Waals surface area contributed by atoms with Gasteiger partial charge in [0.1, 0.15) is 0 Å². The summed E-state index contributed by atoms with van der Waals surface area (Å²) in [5, 5.41) is 0. The van der Waals surface area contributed by atoms with Gasteiger partial charge >= 0.3 is 0 Å². The monoisotopic (exact) mass is 338 g/mol. The number of rotatable bonds is 0. The minimum atomic E-state index is 0.0678. The Morgan fingerprint density at radius 3 is 2.00 bits per heavy atom. The van der Waals surface area contributed by atoms with E-state index >= 15 is 0 Å². The number of hydrogen-bond acceptors (Lipinski definition) is 0. The highest BCUT2D eigenvalue weighted by molar-refractivity contribution is 9.10. The molecular formula is C20H19Br. The first kappa shape index (κ1) is 13.3. The summed E-state index contributed by atoms with van der Waals surface area (Å²) in [6.07, 6.45) is 0. The first-order chi connectivity index (χ1) is 9.85. The number of fused-ring (bicyclic) bond motifs is 4. The quantitative estimate of drug-likeness (QED) is 0.557. The van der Waals surface area contributed by atoms with E-state index in [1.54, 1.807) is 0 Å². The molecule has 0 saturated carbocycles. The lowest BCUT2D eigenvalue weighted by molar-refractivity contribution is 0.694. The van der Waals surface area contributed by atoms with Crippen LogP contribution in [0, 0.1) is 0 Å². The summed E-state index contributed by atoms with van der Waals surface area (Å²) in [6.45, 7) is 9.44. The Morgan fingerprint density at radius 2 is 1.29 bits per heavy atom. The molecule has 0 aliphatic heterocycles. The Morgan fingerprint density at radius 1 is 0.714 bits per heavy atom. The van der Waals surface area contributed by atoms with Gasteiger partial charge in [-0.2, -0.15) is 0 Å². The van der Waals surface area contributed by atoms with Gasteiger partial charge in [-0.25, -0.2) is 0 Å². The molecule has 0 atom stereocenters. The average Bonchev–Trinajstić information content (AvgIpc) is 2.81. The van der Waals surface area contributed by atoms with Gasteiger partial charge in [0.25, 0.3) is 0 Å². The fourth-order valence-electron chi connectivity index (χ4n) is 4.33. The lowest BCUT2D eigenvalue weighted by Gasteiger charge is -2.27. The maximum absolute atomic E-state index is 3.64. The number of allylic oxidation sites excluding steroid dienone is 2. The van der Waals surface area contributed by atoms with Crippen molar-refractivity contribution in [2.75, 3.05) is 0 Å². The lowest BCUT2D eigenvalue weighted by atomic mass is 9.76. The van der Waals surface area contributed by atoms with E-state index in [4.69, 9.17) is 0 Å². The first-order valence-corrected chi connectivity index (χ1v) is 8.30. The normalized spacial score (nSPS) is 20.2. The van der Waals surface area contributed by atoms with Crippen LogP contribution in [0.4, 0.5) is 0 Å². The molecule has 0 amide bonds. The van der Waals surface area contributed by atoms with Crippen molar-refractivity contribution in [1.29, 1.82) is 0 Å². The second-order valence-electron chi connectivity index (χ2n) is 7.24. The second kappa shape index (κ2) is 3.89. The SMILES string of the molecule is CC1(C)C2=C(c3ccccc31)C(C)(C)c1cc(Br)ccc12. The Balaban J connectivity index is 2.11. The molecule has 0 radical (unpaired) electrons. The highest BCUT2D eigenvalue weighted by Gasteiger charge is 2.49. The van der Waals surface area contributed by atoms with Crippen LogP contribution < -0.4 is 0 Å². The zero-order valence-corrected chi connectivity index (χ0v) is 14.5. The summed E-state index contributed by atoms with van der Waals surface area (Å²) >= 11 is 3.64. The third-order valence-corrected chi connectivity index (χ3v) is 5.79. The molecule has 0 spiro atoms. The maximum Gasteiger partial charge on any atom is 0.0178 e. The van der Waals surface area contributed by atoms with Gasteiger partial charge in [-0.15, -0.1) is 0 Å². The molecule has 0 fully saturated rings.